The minimum atomic E-state index is -2.42. The van der Waals surface area contributed by atoms with Crippen LogP contribution in [0.2, 0.25) is 6.04 Å². The van der Waals surface area contributed by atoms with Crippen molar-refractivity contribution in [3.8, 4) is 0 Å². The first-order chi connectivity index (χ1) is 4.99. The average molecular weight is 254 g/mol. The third-order valence-corrected chi connectivity index (χ3v) is 4.26. The Kier molecular flexibility index (Phi) is 6.67. The maximum Gasteiger partial charge on any atom is 0.341 e. The first kappa shape index (κ1) is 12.4. The van der Waals surface area contributed by atoms with E-state index >= 15 is 0 Å². The van der Waals surface area contributed by atoms with Crippen molar-refractivity contribution in [2.45, 2.75) is 25.8 Å². The Labute approximate surface area is 88.3 Å². The summed E-state index contributed by atoms with van der Waals surface area (Å²) >= 11 is 22.9. The van der Waals surface area contributed by atoms with Crippen LogP contribution in [0, 0.1) is 5.92 Å². The Morgan fingerprint density at radius 1 is 1.27 bits per heavy atom. The Bertz CT molecular complexity index is 101. The Morgan fingerprint density at radius 2 is 1.82 bits per heavy atom. The van der Waals surface area contributed by atoms with Gasteiger partial charge in [0.2, 0.25) is 0 Å². The second-order valence-electron chi connectivity index (χ2n) is 2.57. The molecule has 0 aliphatic heterocycles. The van der Waals surface area contributed by atoms with Gasteiger partial charge in [0.25, 0.3) is 0 Å². The molecule has 0 radical (unpaired) electrons. The quantitative estimate of drug-likeness (QED) is 0.390. The van der Waals surface area contributed by atoms with Crippen LogP contribution < -0.4 is 0 Å². The molecule has 0 fully saturated rings. The van der Waals surface area contributed by atoms with E-state index in [-0.39, 0.29) is 0 Å². The maximum absolute atomic E-state index is 5.77. The Balaban J connectivity index is 3.68. The lowest BCUT2D eigenvalue weighted by Crippen LogP contribution is -2.15. The van der Waals surface area contributed by atoms with Crippen LogP contribution in [0.4, 0.5) is 0 Å². The molecule has 0 aromatic heterocycles. The molecule has 0 bridgehead atoms. The van der Waals surface area contributed by atoms with Gasteiger partial charge in [0, 0.05) is 5.88 Å². The highest BCUT2D eigenvalue weighted by Crippen LogP contribution is 2.31. The predicted molar refractivity (Wildman–Crippen MR) is 57.2 cm³/mol. The molecule has 0 spiro atoms. The fraction of sp³-hybridized carbons (Fsp3) is 1.00. The summed E-state index contributed by atoms with van der Waals surface area (Å²) in [6.07, 6.45) is 2.01. The molecule has 0 saturated carbocycles. The summed E-state index contributed by atoms with van der Waals surface area (Å²) in [5.41, 5.74) is 0. The monoisotopic (exact) mass is 252 g/mol. The van der Waals surface area contributed by atoms with Crippen LogP contribution >= 0.6 is 44.8 Å². The number of halogens is 4. The van der Waals surface area contributed by atoms with Gasteiger partial charge in [-0.3, -0.25) is 0 Å². The van der Waals surface area contributed by atoms with Crippen molar-refractivity contribution in [3.05, 3.63) is 0 Å². The lowest BCUT2D eigenvalue weighted by molar-refractivity contribution is 0.544. The van der Waals surface area contributed by atoms with E-state index in [1.807, 2.05) is 0 Å². The average Bonchev–Trinajstić information content (AvgIpc) is 1.84. The van der Waals surface area contributed by atoms with Crippen molar-refractivity contribution in [3.63, 3.8) is 0 Å². The summed E-state index contributed by atoms with van der Waals surface area (Å²) in [5, 5.41) is 0. The molecule has 0 N–H and O–H groups in total. The minimum absolute atomic E-state index is 0.492. The molecular formula is C6H12Cl4Si. The molecule has 68 valence electrons. The molecule has 0 nitrogen and oxygen atoms in total. The number of rotatable bonds is 5. The lowest BCUT2D eigenvalue weighted by Gasteiger charge is -2.16. The van der Waals surface area contributed by atoms with E-state index in [0.717, 1.165) is 18.9 Å². The van der Waals surface area contributed by atoms with Gasteiger partial charge in [-0.05, 0) is 18.4 Å². The zero-order valence-corrected chi connectivity index (χ0v) is 10.4. The minimum Gasteiger partial charge on any atom is -0.127 e. The maximum atomic E-state index is 5.77. The van der Waals surface area contributed by atoms with Gasteiger partial charge < -0.3 is 0 Å². The summed E-state index contributed by atoms with van der Waals surface area (Å²) in [7, 11) is 0. The second kappa shape index (κ2) is 5.93. The molecule has 0 aromatic rings. The standard InChI is InChI=1S/C6H12Cl4Si/c1-2-6(3-4-7)5-11(8,9)10/h6H,2-5H2,1H3. The fourth-order valence-electron chi connectivity index (χ4n) is 0.932. The molecule has 1 unspecified atom stereocenters. The molecule has 0 aromatic carbocycles. The van der Waals surface area contributed by atoms with Crippen LogP contribution in [0.25, 0.3) is 0 Å². The van der Waals surface area contributed by atoms with Gasteiger partial charge in [-0.15, -0.1) is 44.8 Å². The van der Waals surface area contributed by atoms with E-state index in [1.54, 1.807) is 0 Å². The van der Waals surface area contributed by atoms with E-state index in [4.69, 9.17) is 44.8 Å². The van der Waals surface area contributed by atoms with Gasteiger partial charge in [-0.25, -0.2) is 0 Å². The molecule has 0 saturated heterocycles. The molecule has 0 aliphatic rings. The third kappa shape index (κ3) is 7.73. The van der Waals surface area contributed by atoms with Crippen LogP contribution in [-0.2, 0) is 0 Å². The van der Waals surface area contributed by atoms with Crippen molar-refractivity contribution < 1.29 is 0 Å². The highest BCUT2D eigenvalue weighted by Gasteiger charge is 2.28. The molecule has 1 atom stereocenters. The molecule has 0 heterocycles. The highest BCUT2D eigenvalue weighted by molar-refractivity contribution is 7.64. The van der Waals surface area contributed by atoms with Crippen molar-refractivity contribution in [2.75, 3.05) is 5.88 Å². The van der Waals surface area contributed by atoms with Gasteiger partial charge in [-0.1, -0.05) is 13.3 Å². The van der Waals surface area contributed by atoms with Gasteiger partial charge >= 0.3 is 6.00 Å². The number of hydrogen-bond donors (Lipinski definition) is 0. The van der Waals surface area contributed by atoms with Crippen LogP contribution in [-0.4, -0.2) is 11.9 Å². The third-order valence-electron chi connectivity index (χ3n) is 1.61. The topological polar surface area (TPSA) is 0 Å². The fourth-order valence-corrected chi connectivity index (χ4v) is 4.35. The van der Waals surface area contributed by atoms with Gasteiger partial charge in [0.1, 0.15) is 0 Å². The van der Waals surface area contributed by atoms with Gasteiger partial charge in [0.05, 0.1) is 0 Å². The van der Waals surface area contributed by atoms with Gasteiger partial charge in [0.15, 0.2) is 0 Å². The molecule has 5 heteroatoms. The smallest absolute Gasteiger partial charge is 0.127 e. The second-order valence-corrected chi connectivity index (χ2v) is 12.1. The molecule has 0 amide bonds. The van der Waals surface area contributed by atoms with E-state index in [2.05, 4.69) is 6.92 Å². The van der Waals surface area contributed by atoms with Crippen molar-refractivity contribution >= 4 is 50.8 Å². The first-order valence-electron chi connectivity index (χ1n) is 3.62. The van der Waals surface area contributed by atoms with Crippen molar-refractivity contribution in [1.29, 1.82) is 0 Å². The summed E-state index contributed by atoms with van der Waals surface area (Å²) < 4.78 is 0. The van der Waals surface area contributed by atoms with Crippen molar-refractivity contribution in [1.82, 2.24) is 0 Å². The highest BCUT2D eigenvalue weighted by atomic mass is 35.8. The molecule has 0 rings (SSSR count). The SMILES string of the molecule is CCC(CCCl)C[Si](Cl)(Cl)Cl. The van der Waals surface area contributed by atoms with Crippen molar-refractivity contribution in [2.24, 2.45) is 5.92 Å². The first-order valence-corrected chi connectivity index (χ1v) is 9.40. The van der Waals surface area contributed by atoms with Crippen LogP contribution in [0.1, 0.15) is 19.8 Å². The Hall–Kier alpha value is 1.38. The largest absolute Gasteiger partial charge is 0.341 e. The molecule has 0 aliphatic carbocycles. The normalized spacial score (nSPS) is 15.0. The van der Waals surface area contributed by atoms with Gasteiger partial charge in [-0.2, -0.15) is 0 Å². The zero-order chi connectivity index (χ0) is 8.91. The Morgan fingerprint density at radius 3 is 2.09 bits per heavy atom. The van der Waals surface area contributed by atoms with E-state index in [9.17, 15) is 0 Å². The van der Waals surface area contributed by atoms with Crippen LogP contribution in [0.5, 0.6) is 0 Å². The zero-order valence-electron chi connectivity index (χ0n) is 6.42. The number of hydrogen-bond acceptors (Lipinski definition) is 0. The summed E-state index contributed by atoms with van der Waals surface area (Å²) in [6.45, 7) is 2.10. The summed E-state index contributed by atoms with van der Waals surface area (Å²) in [6, 6.07) is -1.68. The van der Waals surface area contributed by atoms with E-state index in [0.29, 0.717) is 11.8 Å². The summed E-state index contributed by atoms with van der Waals surface area (Å²) in [5.74, 6) is 1.15. The molecular weight excluding hydrogens is 242 g/mol. The lowest BCUT2D eigenvalue weighted by atomic mass is 10.1. The van der Waals surface area contributed by atoms with E-state index in [1.165, 1.54) is 0 Å². The summed E-state index contributed by atoms with van der Waals surface area (Å²) in [4.78, 5) is 0. The predicted octanol–water partition coefficient (Wildman–Crippen LogP) is 4.30. The number of alkyl halides is 1. The molecule has 11 heavy (non-hydrogen) atoms. The van der Waals surface area contributed by atoms with Crippen LogP contribution in [0.3, 0.4) is 0 Å². The van der Waals surface area contributed by atoms with Crippen LogP contribution in [0.15, 0.2) is 0 Å². The van der Waals surface area contributed by atoms with E-state index < -0.39 is 6.00 Å².